The number of hydrogen-bond donors (Lipinski definition) is 1. The summed E-state index contributed by atoms with van der Waals surface area (Å²) >= 11 is 0. The fourth-order valence-electron chi connectivity index (χ4n) is 3.47. The first-order valence-corrected chi connectivity index (χ1v) is 8.70. The molecule has 2 fully saturated rings. The average Bonchev–Trinajstić information content (AvgIpc) is 2.82. The topological polar surface area (TPSA) is 57.6 Å². The van der Waals surface area contributed by atoms with Crippen LogP contribution in [0, 0.1) is 11.8 Å². The van der Waals surface area contributed by atoms with E-state index in [1.165, 1.54) is 0 Å². The predicted octanol–water partition coefficient (Wildman–Crippen LogP) is 1.60. The number of hydrogen-bond acceptors (Lipinski definition) is 3. The van der Waals surface area contributed by atoms with Crippen molar-refractivity contribution in [1.82, 2.24) is 4.31 Å². The first kappa shape index (κ1) is 14.3. The Kier molecular flexibility index (Phi) is 4.34. The Morgan fingerprint density at radius 3 is 2.50 bits per heavy atom. The smallest absolute Gasteiger partial charge is 0.214 e. The molecule has 0 bridgehead atoms. The molecule has 2 rings (SSSR count). The predicted molar refractivity (Wildman–Crippen MR) is 71.7 cm³/mol. The maximum atomic E-state index is 12.4. The van der Waals surface area contributed by atoms with Crippen LogP contribution in [0.3, 0.4) is 0 Å². The lowest BCUT2D eigenvalue weighted by atomic mass is 9.95. The molecular formula is C13H25NO3S. The number of rotatable bonds is 4. The Bertz CT molecular complexity index is 380. The molecule has 0 aromatic rings. The lowest BCUT2D eigenvalue weighted by Crippen LogP contribution is -2.44. The summed E-state index contributed by atoms with van der Waals surface area (Å²) in [4.78, 5) is 0. The molecule has 1 saturated carbocycles. The molecule has 1 aliphatic heterocycles. The monoisotopic (exact) mass is 275 g/mol. The summed E-state index contributed by atoms with van der Waals surface area (Å²) in [5.74, 6) is 0.547. The minimum absolute atomic E-state index is 0.0475. The lowest BCUT2D eigenvalue weighted by molar-refractivity contribution is 0.0974. The van der Waals surface area contributed by atoms with Gasteiger partial charge in [0.25, 0.3) is 0 Å². The van der Waals surface area contributed by atoms with Crippen LogP contribution in [0.4, 0.5) is 0 Å². The van der Waals surface area contributed by atoms with Crippen LogP contribution in [-0.2, 0) is 10.0 Å². The first-order chi connectivity index (χ1) is 8.42. The zero-order valence-corrected chi connectivity index (χ0v) is 12.2. The fraction of sp³-hybridized carbons (Fsp3) is 1.00. The maximum Gasteiger partial charge on any atom is 0.214 e. The van der Waals surface area contributed by atoms with Gasteiger partial charge in [-0.2, -0.15) is 4.31 Å². The van der Waals surface area contributed by atoms with Crippen LogP contribution in [0.1, 0.15) is 46.0 Å². The van der Waals surface area contributed by atoms with Gasteiger partial charge in [-0.15, -0.1) is 0 Å². The summed E-state index contributed by atoms with van der Waals surface area (Å²) < 4.78 is 26.4. The van der Waals surface area contributed by atoms with Crippen molar-refractivity contribution in [2.24, 2.45) is 11.8 Å². The second kappa shape index (κ2) is 5.47. The molecule has 0 aromatic heterocycles. The normalized spacial score (nSPS) is 34.6. The molecule has 0 amide bonds. The molecule has 5 heteroatoms. The molecule has 0 aromatic carbocycles. The van der Waals surface area contributed by atoms with Crippen molar-refractivity contribution < 1.29 is 13.5 Å². The Labute approximate surface area is 110 Å². The van der Waals surface area contributed by atoms with E-state index in [4.69, 9.17) is 0 Å². The molecule has 4 nitrogen and oxygen atoms in total. The van der Waals surface area contributed by atoms with Gasteiger partial charge >= 0.3 is 0 Å². The van der Waals surface area contributed by atoms with E-state index in [1.54, 1.807) is 4.31 Å². The summed E-state index contributed by atoms with van der Waals surface area (Å²) in [6.07, 6.45) is 4.38. The van der Waals surface area contributed by atoms with Gasteiger partial charge in [0.05, 0.1) is 11.9 Å². The lowest BCUT2D eigenvalue weighted by Gasteiger charge is -2.31. The van der Waals surface area contributed by atoms with Gasteiger partial charge in [-0.05, 0) is 31.6 Å². The highest BCUT2D eigenvalue weighted by molar-refractivity contribution is 7.89. The molecule has 1 saturated heterocycles. The Balaban J connectivity index is 2.12. The van der Waals surface area contributed by atoms with Crippen LogP contribution in [0.25, 0.3) is 0 Å². The summed E-state index contributed by atoms with van der Waals surface area (Å²) in [7, 11) is -3.15. The van der Waals surface area contributed by atoms with E-state index >= 15 is 0 Å². The van der Waals surface area contributed by atoms with Crippen molar-refractivity contribution in [1.29, 1.82) is 0 Å². The largest absolute Gasteiger partial charge is 0.393 e. The number of sulfonamides is 1. The van der Waals surface area contributed by atoms with Gasteiger partial charge in [0.15, 0.2) is 0 Å². The first-order valence-electron chi connectivity index (χ1n) is 7.09. The minimum atomic E-state index is -3.15. The van der Waals surface area contributed by atoms with Gasteiger partial charge in [0.2, 0.25) is 10.0 Å². The van der Waals surface area contributed by atoms with Crippen LogP contribution < -0.4 is 0 Å². The molecule has 1 aliphatic carbocycles. The molecule has 1 heterocycles. The van der Waals surface area contributed by atoms with E-state index in [0.717, 1.165) is 32.1 Å². The van der Waals surface area contributed by atoms with Gasteiger partial charge in [-0.1, -0.05) is 20.3 Å². The van der Waals surface area contributed by atoms with E-state index in [0.29, 0.717) is 6.54 Å². The molecule has 2 aliphatic rings. The van der Waals surface area contributed by atoms with E-state index < -0.39 is 10.0 Å². The van der Waals surface area contributed by atoms with Crippen molar-refractivity contribution in [2.45, 2.75) is 58.1 Å². The zero-order chi connectivity index (χ0) is 13.3. The Morgan fingerprint density at radius 1 is 1.22 bits per heavy atom. The number of aliphatic hydroxyl groups is 1. The third-order valence-corrected chi connectivity index (χ3v) is 6.43. The van der Waals surface area contributed by atoms with Crippen LogP contribution in [0.5, 0.6) is 0 Å². The standard InChI is InChI=1S/C13H25NO3S/c1-10(2)9-18(16,17)14-8-4-6-12(14)11-5-3-7-13(11)15/h10-13,15H,3-9H2,1-2H3. The Hall–Kier alpha value is -0.130. The zero-order valence-electron chi connectivity index (χ0n) is 11.4. The minimum Gasteiger partial charge on any atom is -0.393 e. The van der Waals surface area contributed by atoms with Gasteiger partial charge in [-0.25, -0.2) is 8.42 Å². The third kappa shape index (κ3) is 2.89. The molecule has 0 spiro atoms. The highest BCUT2D eigenvalue weighted by atomic mass is 32.2. The fourth-order valence-corrected chi connectivity index (χ4v) is 5.59. The number of nitrogens with zero attached hydrogens (tertiary/aromatic N) is 1. The molecule has 18 heavy (non-hydrogen) atoms. The van der Waals surface area contributed by atoms with E-state index in [-0.39, 0.29) is 29.7 Å². The van der Waals surface area contributed by atoms with Crippen LogP contribution >= 0.6 is 0 Å². The molecule has 1 N–H and O–H groups in total. The Morgan fingerprint density at radius 2 is 1.94 bits per heavy atom. The van der Waals surface area contributed by atoms with Crippen molar-refractivity contribution in [3.05, 3.63) is 0 Å². The van der Waals surface area contributed by atoms with Crippen molar-refractivity contribution in [3.63, 3.8) is 0 Å². The van der Waals surface area contributed by atoms with E-state index in [9.17, 15) is 13.5 Å². The highest BCUT2D eigenvalue weighted by Gasteiger charge is 2.42. The third-order valence-electron chi connectivity index (χ3n) is 4.18. The summed E-state index contributed by atoms with van der Waals surface area (Å²) in [5.41, 5.74) is 0. The van der Waals surface area contributed by atoms with Gasteiger partial charge in [-0.3, -0.25) is 0 Å². The van der Waals surface area contributed by atoms with Crippen LogP contribution in [0.2, 0.25) is 0 Å². The van der Waals surface area contributed by atoms with Gasteiger partial charge in [0, 0.05) is 18.5 Å². The molecular weight excluding hydrogens is 250 g/mol. The van der Waals surface area contributed by atoms with Gasteiger partial charge in [0.1, 0.15) is 0 Å². The van der Waals surface area contributed by atoms with E-state index in [1.807, 2.05) is 13.8 Å². The SMILES string of the molecule is CC(C)CS(=O)(=O)N1CCCC1C1CCCC1O. The van der Waals surface area contributed by atoms with Gasteiger partial charge < -0.3 is 5.11 Å². The van der Waals surface area contributed by atoms with Crippen LogP contribution in [0.15, 0.2) is 0 Å². The van der Waals surface area contributed by atoms with E-state index in [2.05, 4.69) is 0 Å². The highest BCUT2D eigenvalue weighted by Crippen LogP contribution is 2.37. The van der Waals surface area contributed by atoms with Crippen molar-refractivity contribution in [2.75, 3.05) is 12.3 Å². The van der Waals surface area contributed by atoms with Crippen molar-refractivity contribution in [3.8, 4) is 0 Å². The molecule has 3 atom stereocenters. The second-order valence-electron chi connectivity index (χ2n) is 6.15. The molecule has 0 radical (unpaired) electrons. The maximum absolute atomic E-state index is 12.4. The summed E-state index contributed by atoms with van der Waals surface area (Å²) in [6.45, 7) is 4.52. The quantitative estimate of drug-likeness (QED) is 0.848. The number of aliphatic hydroxyl groups excluding tert-OH is 1. The summed E-state index contributed by atoms with van der Waals surface area (Å²) in [5, 5.41) is 9.99. The average molecular weight is 275 g/mol. The van der Waals surface area contributed by atoms with Crippen molar-refractivity contribution >= 4 is 10.0 Å². The van der Waals surface area contributed by atoms with Crippen LogP contribution in [-0.4, -0.2) is 42.3 Å². The second-order valence-corrected chi connectivity index (χ2v) is 8.12. The summed E-state index contributed by atoms with van der Waals surface area (Å²) in [6, 6.07) is 0.0475. The molecule has 106 valence electrons. The molecule has 3 unspecified atom stereocenters.